The van der Waals surface area contributed by atoms with Crippen molar-refractivity contribution in [1.82, 2.24) is 14.7 Å². The number of hydrogen-bond acceptors (Lipinski definition) is 4. The molecule has 0 aliphatic carbocycles. The van der Waals surface area contributed by atoms with Gasteiger partial charge in [0, 0.05) is 24.8 Å². The van der Waals surface area contributed by atoms with Gasteiger partial charge in [-0.1, -0.05) is 44.2 Å². The minimum Gasteiger partial charge on any atom is -0.444 e. The van der Waals surface area contributed by atoms with E-state index in [2.05, 4.69) is 48.5 Å². The number of benzene rings is 2. The summed E-state index contributed by atoms with van der Waals surface area (Å²) in [6, 6.07) is 14.2. The van der Waals surface area contributed by atoms with Crippen LogP contribution in [0.4, 0.5) is 10.5 Å². The number of aromatic nitrogens is 2. The Bertz CT molecular complexity index is 1210. The van der Waals surface area contributed by atoms with E-state index >= 15 is 0 Å². The molecule has 0 fully saturated rings. The van der Waals surface area contributed by atoms with Gasteiger partial charge < -0.3 is 15.0 Å². The molecule has 4 rings (SSSR count). The Balaban J connectivity index is 1.36. The number of carbonyl (C=O) groups excluding carboxylic acids is 2. The van der Waals surface area contributed by atoms with Crippen LogP contribution in [-0.2, 0) is 24.2 Å². The van der Waals surface area contributed by atoms with Crippen LogP contribution in [0.3, 0.4) is 0 Å². The summed E-state index contributed by atoms with van der Waals surface area (Å²) in [6.45, 7) is 11.6. The Hall–Kier alpha value is -3.61. The lowest BCUT2D eigenvalue weighted by Gasteiger charge is -2.31. The van der Waals surface area contributed by atoms with Gasteiger partial charge in [-0.05, 0) is 67.5 Å². The molecule has 0 bridgehead atoms. The molecule has 1 aromatic heterocycles. The molecule has 1 aliphatic heterocycles. The van der Waals surface area contributed by atoms with Gasteiger partial charge in [0.25, 0.3) is 5.91 Å². The van der Waals surface area contributed by atoms with Gasteiger partial charge >= 0.3 is 6.09 Å². The van der Waals surface area contributed by atoms with E-state index in [0.717, 1.165) is 16.7 Å². The molecule has 0 unspecified atom stereocenters. The molecule has 7 heteroatoms. The Morgan fingerprint density at radius 2 is 1.83 bits per heavy atom. The number of ether oxygens (including phenoxy) is 1. The number of amides is 2. The Labute approximate surface area is 207 Å². The van der Waals surface area contributed by atoms with Gasteiger partial charge in [-0.2, -0.15) is 5.10 Å². The summed E-state index contributed by atoms with van der Waals surface area (Å²) < 4.78 is 7.31. The van der Waals surface area contributed by atoms with Crippen molar-refractivity contribution < 1.29 is 14.3 Å². The maximum Gasteiger partial charge on any atom is 0.410 e. The van der Waals surface area contributed by atoms with Crippen LogP contribution in [0.15, 0.2) is 54.9 Å². The van der Waals surface area contributed by atoms with Crippen molar-refractivity contribution in [1.29, 1.82) is 0 Å². The van der Waals surface area contributed by atoms with Gasteiger partial charge in [-0.25, -0.2) is 4.79 Å². The van der Waals surface area contributed by atoms with E-state index in [1.54, 1.807) is 17.2 Å². The third-order valence-electron chi connectivity index (χ3n) is 6.01. The van der Waals surface area contributed by atoms with Crippen LogP contribution >= 0.6 is 0 Å². The summed E-state index contributed by atoms with van der Waals surface area (Å²) in [5, 5.41) is 7.33. The fourth-order valence-electron chi connectivity index (χ4n) is 4.09. The standard InChI is InChI=1S/C28H34N4O3/c1-19(2)21-8-6-20(7-9-21)16-32-18-25(15-29-32)30-26(33)23-10-11-24-17-31(13-12-22(24)14-23)27(34)35-28(3,4)5/h6-11,14-15,18-19H,12-13,16-17H2,1-5H3,(H,30,33). The van der Waals surface area contributed by atoms with Crippen LogP contribution < -0.4 is 5.32 Å². The first-order valence-corrected chi connectivity index (χ1v) is 12.1. The van der Waals surface area contributed by atoms with Crippen molar-refractivity contribution >= 4 is 17.7 Å². The van der Waals surface area contributed by atoms with E-state index in [-0.39, 0.29) is 12.0 Å². The SMILES string of the molecule is CC(C)c1ccc(Cn2cc(NC(=O)c3ccc4c(c3)CCN(C(=O)OC(C)(C)C)C4)cn2)cc1. The summed E-state index contributed by atoms with van der Waals surface area (Å²) in [5.41, 5.74) is 5.31. The number of nitrogens with one attached hydrogen (secondary N) is 1. The molecule has 0 saturated carbocycles. The fraction of sp³-hybridized carbons (Fsp3) is 0.393. The first-order chi connectivity index (χ1) is 16.6. The topological polar surface area (TPSA) is 76.5 Å². The zero-order chi connectivity index (χ0) is 25.2. The quantitative estimate of drug-likeness (QED) is 0.522. The number of carbonyl (C=O) groups is 2. The van der Waals surface area contributed by atoms with Crippen molar-refractivity contribution in [2.45, 2.75) is 65.6 Å². The van der Waals surface area contributed by atoms with Crippen LogP contribution in [0.1, 0.15) is 73.1 Å². The highest BCUT2D eigenvalue weighted by atomic mass is 16.6. The normalized spacial score (nSPS) is 13.5. The van der Waals surface area contributed by atoms with Crippen LogP contribution in [0.2, 0.25) is 0 Å². The van der Waals surface area contributed by atoms with Crippen molar-refractivity contribution in [3.05, 3.63) is 82.7 Å². The van der Waals surface area contributed by atoms with E-state index in [1.807, 2.05) is 43.8 Å². The van der Waals surface area contributed by atoms with E-state index in [0.29, 0.717) is 43.2 Å². The number of hydrogen-bond donors (Lipinski definition) is 1. The second-order valence-corrected chi connectivity index (χ2v) is 10.4. The van der Waals surface area contributed by atoms with E-state index < -0.39 is 5.60 Å². The van der Waals surface area contributed by atoms with E-state index in [9.17, 15) is 9.59 Å². The van der Waals surface area contributed by atoms with Crippen molar-refractivity contribution in [2.75, 3.05) is 11.9 Å². The molecule has 184 valence electrons. The summed E-state index contributed by atoms with van der Waals surface area (Å²) in [5.74, 6) is 0.325. The third-order valence-corrected chi connectivity index (χ3v) is 6.01. The molecule has 0 spiro atoms. The highest BCUT2D eigenvalue weighted by molar-refractivity contribution is 6.04. The molecule has 2 heterocycles. The van der Waals surface area contributed by atoms with Crippen molar-refractivity contribution in [3.8, 4) is 0 Å². The summed E-state index contributed by atoms with van der Waals surface area (Å²) >= 11 is 0. The zero-order valence-corrected chi connectivity index (χ0v) is 21.2. The molecular formula is C28H34N4O3. The summed E-state index contributed by atoms with van der Waals surface area (Å²) in [4.78, 5) is 27.0. The highest BCUT2D eigenvalue weighted by Gasteiger charge is 2.26. The molecule has 0 atom stereocenters. The Kier molecular flexibility index (Phi) is 6.96. The van der Waals surface area contributed by atoms with Gasteiger partial charge in [0.2, 0.25) is 0 Å². The largest absolute Gasteiger partial charge is 0.444 e. The van der Waals surface area contributed by atoms with Gasteiger partial charge in [0.15, 0.2) is 0 Å². The molecular weight excluding hydrogens is 440 g/mol. The minimum atomic E-state index is -0.522. The molecule has 1 aliphatic rings. The molecule has 35 heavy (non-hydrogen) atoms. The predicted octanol–water partition coefficient (Wildman–Crippen LogP) is 5.60. The average molecular weight is 475 g/mol. The molecule has 7 nitrogen and oxygen atoms in total. The lowest BCUT2D eigenvalue weighted by atomic mass is 9.97. The number of fused-ring (bicyclic) bond motifs is 1. The van der Waals surface area contributed by atoms with Gasteiger partial charge in [-0.3, -0.25) is 9.48 Å². The number of rotatable bonds is 5. The van der Waals surface area contributed by atoms with Crippen LogP contribution in [-0.4, -0.2) is 38.8 Å². The monoisotopic (exact) mass is 474 g/mol. The second kappa shape index (κ2) is 9.94. The van der Waals surface area contributed by atoms with Crippen LogP contribution in [0, 0.1) is 0 Å². The molecule has 0 radical (unpaired) electrons. The van der Waals surface area contributed by atoms with E-state index in [4.69, 9.17) is 4.74 Å². The van der Waals surface area contributed by atoms with Crippen molar-refractivity contribution in [2.24, 2.45) is 0 Å². The van der Waals surface area contributed by atoms with Gasteiger partial charge in [0.05, 0.1) is 18.4 Å². The maximum absolute atomic E-state index is 12.9. The minimum absolute atomic E-state index is 0.178. The lowest BCUT2D eigenvalue weighted by Crippen LogP contribution is -2.39. The Morgan fingerprint density at radius 3 is 2.51 bits per heavy atom. The third kappa shape index (κ3) is 6.29. The Morgan fingerprint density at radius 1 is 1.09 bits per heavy atom. The predicted molar refractivity (Wildman–Crippen MR) is 137 cm³/mol. The van der Waals surface area contributed by atoms with Crippen molar-refractivity contribution in [3.63, 3.8) is 0 Å². The molecule has 1 N–H and O–H groups in total. The zero-order valence-electron chi connectivity index (χ0n) is 21.2. The van der Waals surface area contributed by atoms with Crippen LogP contribution in [0.25, 0.3) is 0 Å². The first kappa shape index (κ1) is 24.5. The summed E-state index contributed by atoms with van der Waals surface area (Å²) in [6.07, 6.45) is 3.88. The molecule has 2 aromatic carbocycles. The first-order valence-electron chi connectivity index (χ1n) is 12.1. The van der Waals surface area contributed by atoms with Crippen LogP contribution in [0.5, 0.6) is 0 Å². The second-order valence-electron chi connectivity index (χ2n) is 10.4. The maximum atomic E-state index is 12.9. The van der Waals surface area contributed by atoms with E-state index in [1.165, 1.54) is 5.56 Å². The molecule has 3 aromatic rings. The molecule has 2 amide bonds. The number of nitrogens with zero attached hydrogens (tertiary/aromatic N) is 3. The smallest absolute Gasteiger partial charge is 0.410 e. The molecule has 0 saturated heterocycles. The highest BCUT2D eigenvalue weighted by Crippen LogP contribution is 2.23. The summed E-state index contributed by atoms with van der Waals surface area (Å²) in [7, 11) is 0. The fourth-order valence-corrected chi connectivity index (χ4v) is 4.09. The van der Waals surface area contributed by atoms with Gasteiger partial charge in [-0.15, -0.1) is 0 Å². The average Bonchev–Trinajstić information content (AvgIpc) is 3.24. The lowest BCUT2D eigenvalue weighted by molar-refractivity contribution is 0.0224. The number of anilines is 1. The van der Waals surface area contributed by atoms with Gasteiger partial charge in [0.1, 0.15) is 5.60 Å².